The van der Waals surface area contributed by atoms with Crippen molar-refractivity contribution in [3.8, 4) is 11.5 Å². The maximum absolute atomic E-state index is 11.9. The number of carbonyl (C=O) groups is 2. The Kier molecular flexibility index (Phi) is 4.01. The summed E-state index contributed by atoms with van der Waals surface area (Å²) in [6.45, 7) is 2.16. The van der Waals surface area contributed by atoms with Gasteiger partial charge in [0, 0.05) is 31.3 Å². The monoisotopic (exact) mass is 311 g/mol. The molecule has 1 unspecified atom stereocenters. The van der Waals surface area contributed by atoms with Crippen LogP contribution in [0.4, 0.5) is 0 Å². The second kappa shape index (κ2) is 5.93. The number of carbonyl (C=O) groups excluding carboxylic acids is 2. The molecule has 1 saturated heterocycles. The van der Waals surface area contributed by atoms with E-state index in [0.717, 1.165) is 16.4 Å². The van der Waals surface area contributed by atoms with E-state index in [1.54, 1.807) is 16.2 Å². The summed E-state index contributed by atoms with van der Waals surface area (Å²) in [5.74, 6) is 0.965. The average Bonchev–Trinajstić information content (AvgIpc) is 3.08. The normalized spacial score (nSPS) is 20.7. The van der Waals surface area contributed by atoms with E-state index in [2.05, 4.69) is 0 Å². The van der Waals surface area contributed by atoms with Crippen LogP contribution in [0.1, 0.15) is 11.3 Å². The zero-order valence-corrected chi connectivity index (χ0v) is 12.6. The zero-order chi connectivity index (χ0) is 14.8. The van der Waals surface area contributed by atoms with Crippen molar-refractivity contribution < 1.29 is 23.8 Å². The number of amides is 1. The molecule has 1 aromatic heterocycles. The molecule has 3 heterocycles. The van der Waals surface area contributed by atoms with Gasteiger partial charge in [-0.25, -0.2) is 0 Å². The summed E-state index contributed by atoms with van der Waals surface area (Å²) in [5, 5.41) is 1.94. The van der Waals surface area contributed by atoms with Gasteiger partial charge in [0.25, 0.3) is 0 Å². The summed E-state index contributed by atoms with van der Waals surface area (Å²) >= 11 is 1.58. The van der Waals surface area contributed by atoms with Crippen molar-refractivity contribution in [3.05, 3.63) is 10.3 Å². The molecule has 0 radical (unpaired) electrons. The molecule has 6 nitrogen and oxygen atoms in total. The second-order valence-electron chi connectivity index (χ2n) is 5.06. The molecule has 0 bridgehead atoms. The number of ether oxygens (including phenoxy) is 3. The largest absolute Gasteiger partial charge is 0.485 e. The molecule has 0 aromatic carbocycles. The molecule has 0 N–H and O–H groups in total. The average molecular weight is 311 g/mol. The van der Waals surface area contributed by atoms with E-state index >= 15 is 0 Å². The maximum Gasteiger partial charge on any atom is 0.310 e. The van der Waals surface area contributed by atoms with E-state index in [4.69, 9.17) is 14.2 Å². The van der Waals surface area contributed by atoms with Crippen molar-refractivity contribution in [1.82, 2.24) is 4.90 Å². The third kappa shape index (κ3) is 2.83. The van der Waals surface area contributed by atoms with Gasteiger partial charge in [0.1, 0.15) is 13.2 Å². The zero-order valence-electron chi connectivity index (χ0n) is 11.8. The minimum Gasteiger partial charge on any atom is -0.485 e. The van der Waals surface area contributed by atoms with Crippen LogP contribution >= 0.6 is 11.3 Å². The summed E-state index contributed by atoms with van der Waals surface area (Å²) in [4.78, 5) is 26.2. The van der Waals surface area contributed by atoms with Gasteiger partial charge in [0.05, 0.1) is 17.9 Å². The number of hydrogen-bond donors (Lipinski definition) is 0. The predicted molar refractivity (Wildman–Crippen MR) is 75.7 cm³/mol. The van der Waals surface area contributed by atoms with Crippen molar-refractivity contribution in [2.45, 2.75) is 12.8 Å². The number of methoxy groups -OCH3 is 1. The fraction of sp³-hybridized carbons (Fsp3) is 0.571. The lowest BCUT2D eigenvalue weighted by molar-refractivity contribution is -0.145. The summed E-state index contributed by atoms with van der Waals surface area (Å²) in [7, 11) is 1.35. The van der Waals surface area contributed by atoms with Gasteiger partial charge < -0.3 is 19.1 Å². The lowest BCUT2D eigenvalue weighted by Gasteiger charge is -2.18. The van der Waals surface area contributed by atoms with Gasteiger partial charge in [0.15, 0.2) is 11.5 Å². The first-order valence-corrected chi connectivity index (χ1v) is 7.78. The van der Waals surface area contributed by atoms with Crippen LogP contribution in [0.5, 0.6) is 11.5 Å². The Morgan fingerprint density at radius 2 is 2.29 bits per heavy atom. The van der Waals surface area contributed by atoms with Gasteiger partial charge in [0.2, 0.25) is 5.91 Å². The van der Waals surface area contributed by atoms with Gasteiger partial charge in [-0.05, 0) is 0 Å². The molecule has 114 valence electrons. The summed E-state index contributed by atoms with van der Waals surface area (Å²) < 4.78 is 15.8. The van der Waals surface area contributed by atoms with E-state index < -0.39 is 0 Å². The highest BCUT2D eigenvalue weighted by molar-refractivity contribution is 7.10. The Balaban J connectivity index is 1.59. The number of likely N-dealkylation sites (tertiary alicyclic amines) is 1. The molecular formula is C14H17NO5S. The first-order chi connectivity index (χ1) is 10.2. The summed E-state index contributed by atoms with van der Waals surface area (Å²) in [6, 6.07) is 0. The second-order valence-corrected chi connectivity index (χ2v) is 6.03. The lowest BCUT2D eigenvalue weighted by atomic mass is 10.1. The van der Waals surface area contributed by atoms with Gasteiger partial charge in [-0.3, -0.25) is 9.59 Å². The van der Waals surface area contributed by atoms with Crippen LogP contribution in [-0.4, -0.2) is 50.2 Å². The molecule has 3 rings (SSSR count). The van der Waals surface area contributed by atoms with E-state index in [0.29, 0.717) is 32.7 Å². The third-order valence-corrected chi connectivity index (χ3v) is 4.74. The van der Waals surface area contributed by atoms with E-state index in [1.165, 1.54) is 7.11 Å². The van der Waals surface area contributed by atoms with Crippen LogP contribution < -0.4 is 9.47 Å². The Hall–Kier alpha value is -1.76. The molecule has 1 fully saturated rings. The quantitative estimate of drug-likeness (QED) is 0.779. The topological polar surface area (TPSA) is 65.1 Å². The Morgan fingerprint density at radius 3 is 3.10 bits per heavy atom. The molecule has 2 aliphatic rings. The maximum atomic E-state index is 11.9. The third-order valence-electron chi connectivity index (χ3n) is 3.73. The fourth-order valence-corrected chi connectivity index (χ4v) is 3.54. The highest BCUT2D eigenvalue weighted by Gasteiger charge is 2.35. The van der Waals surface area contributed by atoms with Crippen molar-refractivity contribution in [2.24, 2.45) is 5.92 Å². The molecular weight excluding hydrogens is 294 g/mol. The number of rotatable bonds is 4. The molecule has 0 saturated carbocycles. The number of nitrogens with zero attached hydrogens (tertiary/aromatic N) is 1. The molecule has 1 aromatic rings. The predicted octanol–water partition coefficient (Wildman–Crippen LogP) is 1.08. The van der Waals surface area contributed by atoms with Gasteiger partial charge in [-0.15, -0.1) is 11.3 Å². The molecule has 0 spiro atoms. The van der Waals surface area contributed by atoms with Crippen LogP contribution in [0.15, 0.2) is 5.38 Å². The Labute approximate surface area is 126 Å². The van der Waals surface area contributed by atoms with Crippen molar-refractivity contribution in [2.75, 3.05) is 33.4 Å². The lowest BCUT2D eigenvalue weighted by Crippen LogP contribution is -2.28. The molecule has 21 heavy (non-hydrogen) atoms. The molecule has 1 atom stereocenters. The number of esters is 1. The van der Waals surface area contributed by atoms with Crippen molar-refractivity contribution >= 4 is 23.2 Å². The van der Waals surface area contributed by atoms with Gasteiger partial charge >= 0.3 is 5.97 Å². The number of hydrogen-bond acceptors (Lipinski definition) is 6. The minimum atomic E-state index is -0.334. The summed E-state index contributed by atoms with van der Waals surface area (Å²) in [6.07, 6.45) is 0.956. The van der Waals surface area contributed by atoms with Crippen LogP contribution in [-0.2, 0) is 20.7 Å². The van der Waals surface area contributed by atoms with E-state index in [1.807, 2.05) is 5.38 Å². The van der Waals surface area contributed by atoms with Crippen LogP contribution in [0.3, 0.4) is 0 Å². The van der Waals surface area contributed by atoms with Gasteiger partial charge in [-0.2, -0.15) is 0 Å². The van der Waals surface area contributed by atoms with Crippen molar-refractivity contribution in [3.63, 3.8) is 0 Å². The SMILES string of the molecule is COC(=O)C1CC(=O)N(CCc2scc3c2OCCO3)C1. The standard InChI is InChI=1S/C14H17NO5S/c1-18-14(17)9-6-12(16)15(7-9)3-2-11-13-10(8-21-11)19-4-5-20-13/h8-9H,2-7H2,1H3. The minimum absolute atomic E-state index is 0.00740. The van der Waals surface area contributed by atoms with Crippen LogP contribution in [0.25, 0.3) is 0 Å². The molecule has 1 amide bonds. The number of fused-ring (bicyclic) bond motifs is 1. The highest BCUT2D eigenvalue weighted by atomic mass is 32.1. The van der Waals surface area contributed by atoms with Crippen LogP contribution in [0.2, 0.25) is 0 Å². The Bertz CT molecular complexity index is 556. The highest BCUT2D eigenvalue weighted by Crippen LogP contribution is 2.39. The van der Waals surface area contributed by atoms with Crippen LogP contribution in [0, 0.1) is 5.92 Å². The number of thiophene rings is 1. The van der Waals surface area contributed by atoms with Gasteiger partial charge in [-0.1, -0.05) is 0 Å². The first kappa shape index (κ1) is 14.2. The van der Waals surface area contributed by atoms with E-state index in [9.17, 15) is 9.59 Å². The van der Waals surface area contributed by atoms with E-state index in [-0.39, 0.29) is 24.2 Å². The Morgan fingerprint density at radius 1 is 1.48 bits per heavy atom. The summed E-state index contributed by atoms with van der Waals surface area (Å²) in [5.41, 5.74) is 0. The molecule has 2 aliphatic heterocycles. The fourth-order valence-electron chi connectivity index (χ4n) is 2.64. The molecule has 0 aliphatic carbocycles. The first-order valence-electron chi connectivity index (χ1n) is 6.90. The van der Waals surface area contributed by atoms with Crippen molar-refractivity contribution in [1.29, 1.82) is 0 Å². The molecule has 7 heteroatoms. The smallest absolute Gasteiger partial charge is 0.310 e.